The van der Waals surface area contributed by atoms with E-state index in [0.29, 0.717) is 47.3 Å². The number of methoxy groups -OCH3 is 3. The Hall–Kier alpha value is -3.23. The first-order valence-corrected chi connectivity index (χ1v) is 9.29. The molecule has 0 saturated heterocycles. The molecule has 29 heavy (non-hydrogen) atoms. The summed E-state index contributed by atoms with van der Waals surface area (Å²) in [6.07, 6.45) is 1.13. The number of rotatable bonds is 4. The van der Waals surface area contributed by atoms with Crippen LogP contribution in [0.3, 0.4) is 0 Å². The van der Waals surface area contributed by atoms with Gasteiger partial charge in [0, 0.05) is 29.3 Å². The second-order valence-corrected chi connectivity index (χ2v) is 7.95. The Balaban J connectivity index is 1.93. The molecular weight excluding hydrogens is 376 g/mol. The molecule has 1 unspecified atom stereocenters. The highest BCUT2D eigenvalue weighted by Gasteiger charge is 2.40. The van der Waals surface area contributed by atoms with Gasteiger partial charge in [-0.05, 0) is 28.2 Å². The fraction of sp³-hybridized carbons (Fsp3) is 0.450. The van der Waals surface area contributed by atoms with Gasteiger partial charge in [-0.1, -0.05) is 13.8 Å². The molecule has 1 aromatic heterocycles. The van der Waals surface area contributed by atoms with Crippen LogP contribution in [0.25, 0.3) is 0 Å². The minimum atomic E-state index is -0.524. The van der Waals surface area contributed by atoms with Crippen molar-refractivity contribution in [2.75, 3.05) is 32.0 Å². The van der Waals surface area contributed by atoms with Gasteiger partial charge < -0.3 is 24.8 Å². The van der Waals surface area contributed by atoms with Gasteiger partial charge in [-0.2, -0.15) is 0 Å². The second-order valence-electron chi connectivity index (χ2n) is 7.95. The normalized spacial score (nSPS) is 20.0. The third-order valence-corrected chi connectivity index (χ3v) is 5.29. The van der Waals surface area contributed by atoms with E-state index in [1.54, 1.807) is 27.4 Å². The predicted octanol–water partition coefficient (Wildman–Crippen LogP) is 3.32. The van der Waals surface area contributed by atoms with Gasteiger partial charge in [-0.15, -0.1) is 0 Å². The van der Waals surface area contributed by atoms with E-state index in [9.17, 15) is 4.79 Å². The highest BCUT2D eigenvalue weighted by Crippen LogP contribution is 2.47. The standard InChI is InChI=1S/C20H24N4O5/c1-20(2)8-11-16(12(25)9-20)17(22-19-18(21-11)23-29-24-19)10-6-14(27-4)15(28-5)7-13(10)26-3/h6-7,17H,8-9H2,1-5H3,(H,21,23)(H,22,24). The molecule has 0 bridgehead atoms. The third-order valence-electron chi connectivity index (χ3n) is 5.29. The maximum atomic E-state index is 13.2. The van der Waals surface area contributed by atoms with Gasteiger partial charge >= 0.3 is 0 Å². The van der Waals surface area contributed by atoms with Crippen molar-refractivity contribution in [3.8, 4) is 17.2 Å². The van der Waals surface area contributed by atoms with Crippen LogP contribution in [0, 0.1) is 5.41 Å². The highest BCUT2D eigenvalue weighted by atomic mass is 16.6. The zero-order valence-corrected chi connectivity index (χ0v) is 17.1. The lowest BCUT2D eigenvalue weighted by Gasteiger charge is -2.34. The summed E-state index contributed by atoms with van der Waals surface area (Å²) >= 11 is 0. The van der Waals surface area contributed by atoms with Crippen LogP contribution < -0.4 is 24.8 Å². The van der Waals surface area contributed by atoms with Crippen molar-refractivity contribution in [1.29, 1.82) is 0 Å². The fourth-order valence-electron chi connectivity index (χ4n) is 4.01. The Kier molecular flexibility index (Phi) is 4.60. The average molecular weight is 400 g/mol. The lowest BCUT2D eigenvalue weighted by atomic mass is 9.73. The van der Waals surface area contributed by atoms with Crippen molar-refractivity contribution in [3.05, 3.63) is 29.0 Å². The van der Waals surface area contributed by atoms with Crippen molar-refractivity contribution in [2.45, 2.75) is 32.7 Å². The number of nitrogens with one attached hydrogen (secondary N) is 2. The van der Waals surface area contributed by atoms with Gasteiger partial charge in [-0.3, -0.25) is 4.79 Å². The highest BCUT2D eigenvalue weighted by molar-refractivity contribution is 6.00. The first kappa shape index (κ1) is 19.1. The number of hydrogen-bond acceptors (Lipinski definition) is 9. The van der Waals surface area contributed by atoms with Gasteiger partial charge in [0.15, 0.2) is 17.3 Å². The topological polar surface area (TPSA) is 108 Å². The molecule has 2 aliphatic rings. The summed E-state index contributed by atoms with van der Waals surface area (Å²) in [6.45, 7) is 4.14. The molecule has 1 aromatic carbocycles. The maximum Gasteiger partial charge on any atom is 0.219 e. The van der Waals surface area contributed by atoms with Crippen molar-refractivity contribution >= 4 is 17.4 Å². The molecule has 2 N–H and O–H groups in total. The molecule has 2 aromatic rings. The van der Waals surface area contributed by atoms with E-state index < -0.39 is 6.04 Å². The number of hydrogen-bond donors (Lipinski definition) is 2. The summed E-state index contributed by atoms with van der Waals surface area (Å²) in [6, 6.07) is 3.03. The third kappa shape index (κ3) is 3.26. The summed E-state index contributed by atoms with van der Waals surface area (Å²) in [4.78, 5) is 13.2. The van der Waals surface area contributed by atoms with Crippen LogP contribution in [0.15, 0.2) is 28.0 Å². The lowest BCUT2D eigenvalue weighted by Crippen LogP contribution is -2.31. The molecule has 154 valence electrons. The van der Waals surface area contributed by atoms with Crippen LogP contribution in [0.2, 0.25) is 0 Å². The Bertz CT molecular complexity index is 995. The van der Waals surface area contributed by atoms with Gasteiger partial charge in [0.2, 0.25) is 11.6 Å². The first-order valence-electron chi connectivity index (χ1n) is 9.29. The molecule has 2 heterocycles. The minimum Gasteiger partial charge on any atom is -0.496 e. The summed E-state index contributed by atoms with van der Waals surface area (Å²) in [5.41, 5.74) is 1.99. The Morgan fingerprint density at radius 1 is 1.00 bits per heavy atom. The van der Waals surface area contributed by atoms with Gasteiger partial charge in [-0.25, -0.2) is 4.63 Å². The number of benzene rings is 1. The molecule has 1 aliphatic heterocycles. The summed E-state index contributed by atoms with van der Waals surface area (Å²) in [7, 11) is 4.70. The van der Waals surface area contributed by atoms with Crippen LogP contribution >= 0.6 is 0 Å². The van der Waals surface area contributed by atoms with E-state index in [1.807, 2.05) is 6.07 Å². The second kappa shape index (κ2) is 6.98. The molecule has 0 spiro atoms. The van der Waals surface area contributed by atoms with Crippen molar-refractivity contribution in [3.63, 3.8) is 0 Å². The Labute approximate surface area is 168 Å². The molecule has 0 fully saturated rings. The number of nitrogens with zero attached hydrogens (tertiary/aromatic N) is 2. The number of anilines is 2. The molecule has 1 aliphatic carbocycles. The van der Waals surface area contributed by atoms with E-state index in [4.69, 9.17) is 18.8 Å². The number of allylic oxidation sites excluding steroid dienone is 1. The van der Waals surface area contributed by atoms with Crippen molar-refractivity contribution in [1.82, 2.24) is 10.3 Å². The van der Waals surface area contributed by atoms with Gasteiger partial charge in [0.25, 0.3) is 0 Å². The quantitative estimate of drug-likeness (QED) is 0.799. The molecule has 0 amide bonds. The summed E-state index contributed by atoms with van der Waals surface area (Å²) in [5, 5.41) is 14.4. The average Bonchev–Trinajstić information content (AvgIpc) is 3.05. The van der Waals surface area contributed by atoms with Crippen LogP contribution in [0.4, 0.5) is 11.6 Å². The number of aromatic nitrogens is 2. The Morgan fingerprint density at radius 2 is 1.66 bits per heavy atom. The molecule has 0 radical (unpaired) electrons. The molecule has 0 saturated carbocycles. The predicted molar refractivity (Wildman–Crippen MR) is 105 cm³/mol. The molecule has 9 nitrogen and oxygen atoms in total. The van der Waals surface area contributed by atoms with Crippen molar-refractivity contribution in [2.24, 2.45) is 5.41 Å². The molecule has 9 heteroatoms. The SMILES string of the molecule is COc1cc(OC)c(C2Nc3nonc3NC3=C2C(=O)CC(C)(C)C3)cc1OC. The van der Waals surface area contributed by atoms with E-state index >= 15 is 0 Å². The number of carbonyl (C=O) groups is 1. The smallest absolute Gasteiger partial charge is 0.219 e. The number of carbonyl (C=O) groups excluding carboxylic acids is 1. The van der Waals surface area contributed by atoms with E-state index in [-0.39, 0.29) is 11.2 Å². The molecule has 4 rings (SSSR count). The lowest BCUT2D eigenvalue weighted by molar-refractivity contribution is -0.118. The zero-order chi connectivity index (χ0) is 20.8. The van der Waals surface area contributed by atoms with E-state index in [2.05, 4.69) is 34.8 Å². The monoisotopic (exact) mass is 400 g/mol. The number of fused-ring (bicyclic) bond motifs is 1. The first-order chi connectivity index (χ1) is 13.9. The largest absolute Gasteiger partial charge is 0.496 e. The Morgan fingerprint density at radius 3 is 2.34 bits per heavy atom. The minimum absolute atomic E-state index is 0.0557. The van der Waals surface area contributed by atoms with E-state index in [0.717, 1.165) is 11.3 Å². The summed E-state index contributed by atoms with van der Waals surface area (Å²) in [5.74, 6) is 2.56. The zero-order valence-electron chi connectivity index (χ0n) is 17.1. The summed E-state index contributed by atoms with van der Waals surface area (Å²) < 4.78 is 21.4. The van der Waals surface area contributed by atoms with Crippen LogP contribution in [0.5, 0.6) is 17.2 Å². The molecule has 1 atom stereocenters. The van der Waals surface area contributed by atoms with Crippen LogP contribution in [-0.4, -0.2) is 37.4 Å². The van der Waals surface area contributed by atoms with Crippen LogP contribution in [0.1, 0.15) is 38.3 Å². The fourth-order valence-corrected chi connectivity index (χ4v) is 4.01. The van der Waals surface area contributed by atoms with E-state index in [1.165, 1.54) is 0 Å². The van der Waals surface area contributed by atoms with Crippen molar-refractivity contribution < 1.29 is 23.6 Å². The molecular formula is C20H24N4O5. The number of Topliss-reactive ketones (excluding diaryl/α,β-unsaturated/α-hetero) is 1. The number of ketones is 1. The number of ether oxygens (including phenoxy) is 3. The van der Waals surface area contributed by atoms with Gasteiger partial charge in [0.1, 0.15) is 5.75 Å². The maximum absolute atomic E-state index is 13.2. The van der Waals surface area contributed by atoms with Gasteiger partial charge in [0.05, 0.1) is 27.4 Å². The van der Waals surface area contributed by atoms with Crippen LogP contribution in [-0.2, 0) is 4.79 Å².